The summed E-state index contributed by atoms with van der Waals surface area (Å²) in [6.07, 6.45) is 0.683. The quantitative estimate of drug-likeness (QED) is 0.471. The highest BCUT2D eigenvalue weighted by atomic mass is 16.5. The summed E-state index contributed by atoms with van der Waals surface area (Å²) in [5, 5.41) is 10.9. The molecule has 0 aliphatic carbocycles. The van der Waals surface area contributed by atoms with Gasteiger partial charge in [-0.05, 0) is 24.1 Å². The number of nitrogens with zero attached hydrogens (tertiary/aromatic N) is 1. The van der Waals surface area contributed by atoms with Crippen LogP contribution in [0.5, 0.6) is 11.5 Å². The molecule has 1 heterocycles. The Hall–Kier alpha value is -3.28. The van der Waals surface area contributed by atoms with Crippen LogP contribution in [0.2, 0.25) is 0 Å². The van der Waals surface area contributed by atoms with E-state index in [2.05, 4.69) is 0 Å². The number of benzene rings is 2. The van der Waals surface area contributed by atoms with E-state index in [0.717, 1.165) is 0 Å². The lowest BCUT2D eigenvalue weighted by atomic mass is 9.95. The molecular formula is C22H23NO5. The Kier molecular flexibility index (Phi) is 5.68. The van der Waals surface area contributed by atoms with Gasteiger partial charge in [0, 0.05) is 12.1 Å². The van der Waals surface area contributed by atoms with Gasteiger partial charge in [0.15, 0.2) is 11.5 Å². The Morgan fingerprint density at radius 2 is 1.71 bits per heavy atom. The van der Waals surface area contributed by atoms with Crippen LogP contribution in [-0.4, -0.2) is 42.5 Å². The Balaban J connectivity index is 2.20. The molecule has 1 saturated heterocycles. The van der Waals surface area contributed by atoms with Crippen LogP contribution in [0.4, 0.5) is 0 Å². The zero-order valence-electron chi connectivity index (χ0n) is 16.1. The highest BCUT2D eigenvalue weighted by Crippen LogP contribution is 2.41. The van der Waals surface area contributed by atoms with Gasteiger partial charge in [0.25, 0.3) is 11.7 Å². The maximum atomic E-state index is 12.8. The number of rotatable bonds is 6. The normalized spacial score (nSPS) is 18.4. The van der Waals surface area contributed by atoms with E-state index < -0.39 is 17.7 Å². The van der Waals surface area contributed by atoms with E-state index in [4.69, 9.17) is 9.47 Å². The first-order chi connectivity index (χ1) is 13.5. The number of ketones is 1. The standard InChI is InChI=1S/C22H23NO5/c1-4-12-23-19(15-10-11-16(27-2)17(13-15)28-3)18(21(25)22(23)26)20(24)14-8-6-5-7-9-14/h5-11,13,19,24H,4,12H2,1-3H3/t19-/m1/s1. The number of amides is 1. The number of hydrogen-bond acceptors (Lipinski definition) is 5. The summed E-state index contributed by atoms with van der Waals surface area (Å²) in [7, 11) is 3.06. The molecule has 1 fully saturated rings. The molecule has 0 spiro atoms. The topological polar surface area (TPSA) is 76.1 Å². The predicted octanol–water partition coefficient (Wildman–Crippen LogP) is 3.54. The van der Waals surface area contributed by atoms with Crippen LogP contribution in [0.1, 0.15) is 30.5 Å². The minimum absolute atomic E-state index is 0.0804. The first-order valence-electron chi connectivity index (χ1n) is 9.09. The third-order valence-corrected chi connectivity index (χ3v) is 4.78. The van der Waals surface area contributed by atoms with Crippen molar-refractivity contribution >= 4 is 17.4 Å². The summed E-state index contributed by atoms with van der Waals surface area (Å²) in [5.41, 5.74) is 1.24. The van der Waals surface area contributed by atoms with Crippen LogP contribution in [0.25, 0.3) is 5.76 Å². The fourth-order valence-corrected chi connectivity index (χ4v) is 3.47. The molecule has 146 valence electrons. The Bertz CT molecular complexity index is 920. The highest BCUT2D eigenvalue weighted by Gasteiger charge is 2.45. The summed E-state index contributed by atoms with van der Waals surface area (Å²) in [5.74, 6) is -0.449. The van der Waals surface area contributed by atoms with Crippen LogP contribution in [0.3, 0.4) is 0 Å². The van der Waals surface area contributed by atoms with E-state index in [1.807, 2.05) is 13.0 Å². The average Bonchev–Trinajstić information content (AvgIpc) is 2.98. The van der Waals surface area contributed by atoms with Crippen LogP contribution >= 0.6 is 0 Å². The van der Waals surface area contributed by atoms with Gasteiger partial charge in [-0.2, -0.15) is 0 Å². The molecule has 6 nitrogen and oxygen atoms in total. The number of aliphatic hydroxyl groups excluding tert-OH is 1. The molecule has 0 unspecified atom stereocenters. The summed E-state index contributed by atoms with van der Waals surface area (Å²) < 4.78 is 10.7. The van der Waals surface area contributed by atoms with Crippen LogP contribution in [0.15, 0.2) is 54.1 Å². The van der Waals surface area contributed by atoms with Crippen molar-refractivity contribution < 1.29 is 24.2 Å². The minimum Gasteiger partial charge on any atom is -0.507 e. The Morgan fingerprint density at radius 1 is 1.04 bits per heavy atom. The number of Topliss-reactive ketones (excluding diaryl/α,β-unsaturated/α-hetero) is 1. The number of hydrogen-bond donors (Lipinski definition) is 1. The summed E-state index contributed by atoms with van der Waals surface area (Å²) >= 11 is 0. The monoisotopic (exact) mass is 381 g/mol. The van der Waals surface area contributed by atoms with Crippen LogP contribution in [0, 0.1) is 0 Å². The number of likely N-dealkylation sites (tertiary alicyclic amines) is 1. The van der Waals surface area contributed by atoms with Crippen molar-refractivity contribution in [3.8, 4) is 11.5 Å². The van der Waals surface area contributed by atoms with Crippen molar-refractivity contribution in [1.29, 1.82) is 0 Å². The summed E-state index contributed by atoms with van der Waals surface area (Å²) in [6.45, 7) is 2.33. The fraction of sp³-hybridized carbons (Fsp3) is 0.273. The van der Waals surface area contributed by atoms with Crippen molar-refractivity contribution in [2.75, 3.05) is 20.8 Å². The van der Waals surface area contributed by atoms with Gasteiger partial charge in [-0.25, -0.2) is 0 Å². The van der Waals surface area contributed by atoms with Crippen molar-refractivity contribution in [1.82, 2.24) is 4.90 Å². The number of aliphatic hydroxyl groups is 1. The first-order valence-corrected chi connectivity index (χ1v) is 9.09. The second-order valence-corrected chi connectivity index (χ2v) is 6.47. The molecule has 1 aliphatic heterocycles. The third-order valence-electron chi connectivity index (χ3n) is 4.78. The molecular weight excluding hydrogens is 358 g/mol. The molecule has 28 heavy (non-hydrogen) atoms. The second kappa shape index (κ2) is 8.17. The van der Waals surface area contributed by atoms with Gasteiger partial charge in [0.05, 0.1) is 25.8 Å². The lowest BCUT2D eigenvalue weighted by Gasteiger charge is -2.25. The molecule has 1 N–H and O–H groups in total. The second-order valence-electron chi connectivity index (χ2n) is 6.47. The molecule has 0 aromatic heterocycles. The van der Waals surface area contributed by atoms with Gasteiger partial charge in [0.2, 0.25) is 0 Å². The first kappa shape index (κ1) is 19.5. The van der Waals surface area contributed by atoms with Crippen molar-refractivity contribution in [3.63, 3.8) is 0 Å². The molecule has 0 saturated carbocycles. The van der Waals surface area contributed by atoms with E-state index >= 15 is 0 Å². The molecule has 0 radical (unpaired) electrons. The maximum absolute atomic E-state index is 12.8. The zero-order chi connectivity index (χ0) is 20.3. The lowest BCUT2D eigenvalue weighted by molar-refractivity contribution is -0.139. The van der Waals surface area contributed by atoms with Gasteiger partial charge in [-0.3, -0.25) is 9.59 Å². The van der Waals surface area contributed by atoms with Crippen LogP contribution in [-0.2, 0) is 9.59 Å². The number of ether oxygens (including phenoxy) is 2. The van der Waals surface area contributed by atoms with E-state index in [9.17, 15) is 14.7 Å². The summed E-state index contributed by atoms with van der Waals surface area (Å²) in [6, 6.07) is 13.3. The van der Waals surface area contributed by atoms with Gasteiger partial charge in [-0.1, -0.05) is 43.3 Å². The van der Waals surface area contributed by atoms with Crippen LogP contribution < -0.4 is 9.47 Å². The van der Waals surface area contributed by atoms with E-state index in [0.29, 0.717) is 35.6 Å². The molecule has 2 aromatic carbocycles. The van der Waals surface area contributed by atoms with E-state index in [1.165, 1.54) is 19.1 Å². The van der Waals surface area contributed by atoms with E-state index in [-0.39, 0.29) is 11.3 Å². The van der Waals surface area contributed by atoms with Crippen molar-refractivity contribution in [2.45, 2.75) is 19.4 Å². The minimum atomic E-state index is -0.694. The molecule has 6 heteroatoms. The van der Waals surface area contributed by atoms with E-state index in [1.54, 1.807) is 42.5 Å². The van der Waals surface area contributed by atoms with Crippen molar-refractivity contribution in [3.05, 3.63) is 65.2 Å². The number of carbonyl (C=O) groups excluding carboxylic acids is 2. The van der Waals surface area contributed by atoms with Gasteiger partial charge < -0.3 is 19.5 Å². The Labute approximate surface area is 164 Å². The summed E-state index contributed by atoms with van der Waals surface area (Å²) in [4.78, 5) is 27.0. The zero-order valence-corrected chi connectivity index (χ0v) is 16.1. The lowest BCUT2D eigenvalue weighted by Crippen LogP contribution is -2.30. The predicted molar refractivity (Wildman–Crippen MR) is 105 cm³/mol. The molecule has 0 bridgehead atoms. The molecule has 1 atom stereocenters. The molecule has 3 rings (SSSR count). The van der Waals surface area contributed by atoms with Crippen molar-refractivity contribution in [2.24, 2.45) is 0 Å². The molecule has 1 amide bonds. The largest absolute Gasteiger partial charge is 0.507 e. The maximum Gasteiger partial charge on any atom is 0.295 e. The van der Waals surface area contributed by atoms with Gasteiger partial charge >= 0.3 is 0 Å². The molecule has 2 aromatic rings. The highest BCUT2D eigenvalue weighted by molar-refractivity contribution is 6.46. The number of carbonyl (C=O) groups is 2. The molecule has 1 aliphatic rings. The third kappa shape index (κ3) is 3.33. The Morgan fingerprint density at radius 3 is 2.32 bits per heavy atom. The average molecular weight is 381 g/mol. The van der Waals surface area contributed by atoms with Gasteiger partial charge in [-0.15, -0.1) is 0 Å². The van der Waals surface area contributed by atoms with Gasteiger partial charge in [0.1, 0.15) is 5.76 Å². The fourth-order valence-electron chi connectivity index (χ4n) is 3.47. The smallest absolute Gasteiger partial charge is 0.295 e. The number of methoxy groups -OCH3 is 2. The SMILES string of the molecule is CCCN1C(=O)C(=O)C(=C(O)c2ccccc2)[C@H]1c1ccc(OC)c(OC)c1.